The Bertz CT molecular complexity index is 321. The number of nitrogens with zero attached hydrogens (tertiary/aromatic N) is 1. The predicted molar refractivity (Wildman–Crippen MR) is 55.4 cm³/mol. The molecule has 0 spiro atoms. The zero-order chi connectivity index (χ0) is 10.4. The average Bonchev–Trinajstić information content (AvgIpc) is 2.17. The zero-order valence-corrected chi connectivity index (χ0v) is 8.33. The fourth-order valence-electron chi connectivity index (χ4n) is 1.02. The van der Waals surface area contributed by atoms with E-state index in [2.05, 4.69) is 16.7 Å². The first kappa shape index (κ1) is 10.7. The van der Waals surface area contributed by atoms with Crippen LogP contribution in [0.15, 0.2) is 29.4 Å². The molecule has 0 atom stereocenters. The highest BCUT2D eigenvalue weighted by molar-refractivity contribution is 6.30. The molecule has 0 bridgehead atoms. The van der Waals surface area contributed by atoms with Crippen molar-refractivity contribution in [1.29, 1.82) is 0 Å². The summed E-state index contributed by atoms with van der Waals surface area (Å²) in [5.74, 6) is -0.380. The van der Waals surface area contributed by atoms with E-state index in [1.165, 1.54) is 0 Å². The van der Waals surface area contributed by atoms with Gasteiger partial charge in [0.15, 0.2) is 0 Å². The van der Waals surface area contributed by atoms with Crippen molar-refractivity contribution in [3.63, 3.8) is 0 Å². The van der Waals surface area contributed by atoms with Crippen LogP contribution in [0.1, 0.15) is 12.0 Å². The van der Waals surface area contributed by atoms with Crippen LogP contribution < -0.4 is 0 Å². The monoisotopic (exact) mass is 211 g/mol. The van der Waals surface area contributed by atoms with Gasteiger partial charge in [0.25, 0.3) is 0 Å². The molecular weight excluding hydrogens is 202 g/mol. The van der Waals surface area contributed by atoms with Gasteiger partial charge in [-0.15, -0.1) is 0 Å². The molecule has 0 saturated heterocycles. The van der Waals surface area contributed by atoms with Crippen LogP contribution in [0, 0.1) is 0 Å². The van der Waals surface area contributed by atoms with Crippen molar-refractivity contribution in [1.82, 2.24) is 0 Å². The highest BCUT2D eigenvalue weighted by Gasteiger charge is 2.02. The number of hydrogen-bond donors (Lipinski definition) is 0. The summed E-state index contributed by atoms with van der Waals surface area (Å²) in [6.45, 7) is 3.06. The van der Waals surface area contributed by atoms with Gasteiger partial charge in [-0.05, 0) is 24.1 Å². The lowest BCUT2D eigenvalue weighted by Gasteiger charge is -1.99. The second kappa shape index (κ2) is 5.40. The Labute approximate surface area is 87.3 Å². The van der Waals surface area contributed by atoms with Gasteiger partial charge in [-0.25, -0.2) is 4.79 Å². The molecule has 14 heavy (non-hydrogen) atoms. The first-order chi connectivity index (χ1) is 6.72. The third-order valence-corrected chi connectivity index (χ3v) is 1.95. The summed E-state index contributed by atoms with van der Waals surface area (Å²) >= 11 is 5.71. The van der Waals surface area contributed by atoms with Crippen LogP contribution >= 0.6 is 11.6 Å². The van der Waals surface area contributed by atoms with Crippen molar-refractivity contribution in [2.24, 2.45) is 5.16 Å². The van der Waals surface area contributed by atoms with Gasteiger partial charge in [-0.3, -0.25) is 0 Å². The predicted octanol–water partition coefficient (Wildman–Crippen LogP) is 2.43. The Morgan fingerprint density at radius 1 is 1.43 bits per heavy atom. The van der Waals surface area contributed by atoms with Gasteiger partial charge in [-0.1, -0.05) is 28.9 Å². The number of rotatable bonds is 4. The Morgan fingerprint density at radius 2 is 2.07 bits per heavy atom. The molecule has 0 aliphatic carbocycles. The molecule has 0 aliphatic rings. The Hall–Kier alpha value is -1.35. The van der Waals surface area contributed by atoms with E-state index in [0.717, 1.165) is 5.56 Å². The van der Waals surface area contributed by atoms with E-state index >= 15 is 0 Å². The van der Waals surface area contributed by atoms with Crippen molar-refractivity contribution < 1.29 is 9.63 Å². The van der Waals surface area contributed by atoms with Crippen LogP contribution in [0.5, 0.6) is 0 Å². The summed E-state index contributed by atoms with van der Waals surface area (Å²) in [5.41, 5.74) is 1.04. The molecule has 3 nitrogen and oxygen atoms in total. The topological polar surface area (TPSA) is 38.7 Å². The first-order valence-corrected chi connectivity index (χ1v) is 4.50. The number of carbonyl (C=O) groups is 1. The van der Waals surface area contributed by atoms with Gasteiger partial charge in [0, 0.05) is 11.7 Å². The maximum absolute atomic E-state index is 10.9. The van der Waals surface area contributed by atoms with Crippen molar-refractivity contribution in [2.75, 3.05) is 0 Å². The number of oxime groups is 1. The molecule has 1 aromatic rings. The van der Waals surface area contributed by atoms with Gasteiger partial charge in [0.2, 0.25) is 0 Å². The Kier molecular flexibility index (Phi) is 4.13. The van der Waals surface area contributed by atoms with E-state index in [-0.39, 0.29) is 5.97 Å². The molecule has 0 unspecified atom stereocenters. The average molecular weight is 212 g/mol. The summed E-state index contributed by atoms with van der Waals surface area (Å²) in [5, 5.41) is 3.73. The van der Waals surface area contributed by atoms with Gasteiger partial charge in [0.05, 0.1) is 6.42 Å². The van der Waals surface area contributed by atoms with Gasteiger partial charge in [0.1, 0.15) is 0 Å². The molecule has 0 aliphatic heterocycles. The number of benzene rings is 1. The molecule has 0 heterocycles. The second-order valence-corrected chi connectivity index (χ2v) is 3.16. The van der Waals surface area contributed by atoms with Gasteiger partial charge in [-0.2, -0.15) is 0 Å². The van der Waals surface area contributed by atoms with Crippen LogP contribution in [-0.2, 0) is 16.1 Å². The summed E-state index contributed by atoms with van der Waals surface area (Å²) in [6.07, 6.45) is 0.909. The van der Waals surface area contributed by atoms with Crippen molar-refractivity contribution in [2.45, 2.75) is 12.8 Å². The lowest BCUT2D eigenvalue weighted by Crippen LogP contribution is -2.01. The zero-order valence-electron chi connectivity index (χ0n) is 7.57. The second-order valence-electron chi connectivity index (χ2n) is 2.72. The molecule has 4 heteroatoms. The Morgan fingerprint density at radius 3 is 2.64 bits per heavy atom. The smallest absolute Gasteiger partial charge is 0.319 e. The van der Waals surface area contributed by atoms with Crippen molar-refractivity contribution in [3.05, 3.63) is 34.9 Å². The number of hydrogen-bond acceptors (Lipinski definition) is 3. The van der Waals surface area contributed by atoms with Gasteiger partial charge < -0.3 is 4.84 Å². The normalized spacial score (nSPS) is 9.50. The highest BCUT2D eigenvalue weighted by Crippen LogP contribution is 2.11. The van der Waals surface area contributed by atoms with Crippen molar-refractivity contribution in [3.8, 4) is 0 Å². The van der Waals surface area contributed by atoms with E-state index in [9.17, 15) is 4.79 Å². The maximum atomic E-state index is 10.9. The summed E-state index contributed by atoms with van der Waals surface area (Å²) in [4.78, 5) is 15.2. The number of aryl methyl sites for hydroxylation is 1. The van der Waals surface area contributed by atoms with Crippen LogP contribution in [0.3, 0.4) is 0 Å². The van der Waals surface area contributed by atoms with E-state index in [0.29, 0.717) is 17.9 Å². The maximum Gasteiger partial charge on any atom is 0.335 e. The van der Waals surface area contributed by atoms with E-state index in [4.69, 9.17) is 11.6 Å². The third kappa shape index (κ3) is 3.58. The van der Waals surface area contributed by atoms with E-state index < -0.39 is 0 Å². The minimum absolute atomic E-state index is 0.292. The minimum atomic E-state index is -0.380. The van der Waals surface area contributed by atoms with Crippen LogP contribution in [0.4, 0.5) is 0 Å². The van der Waals surface area contributed by atoms with Crippen LogP contribution in [0.25, 0.3) is 0 Å². The number of carbonyl (C=O) groups excluding carboxylic acids is 1. The van der Waals surface area contributed by atoms with E-state index in [1.54, 1.807) is 12.1 Å². The largest absolute Gasteiger partial charge is 0.335 e. The molecular formula is C10H10ClNO2. The highest BCUT2D eigenvalue weighted by atomic mass is 35.5. The molecule has 0 saturated carbocycles. The fraction of sp³-hybridized carbons (Fsp3) is 0.200. The standard InChI is InChI=1S/C10H10ClNO2/c1-12-14-10(13)7-4-8-2-5-9(11)6-3-8/h2-3,5-6H,1,4,7H2. The summed E-state index contributed by atoms with van der Waals surface area (Å²) < 4.78 is 0. The molecule has 1 aromatic carbocycles. The SMILES string of the molecule is C=NOC(=O)CCc1ccc(Cl)cc1. The van der Waals surface area contributed by atoms with Crippen molar-refractivity contribution >= 4 is 24.3 Å². The quantitative estimate of drug-likeness (QED) is 0.436. The van der Waals surface area contributed by atoms with Crippen LogP contribution in [0.2, 0.25) is 5.02 Å². The van der Waals surface area contributed by atoms with Crippen LogP contribution in [-0.4, -0.2) is 12.7 Å². The lowest BCUT2D eigenvalue weighted by atomic mass is 10.1. The molecule has 0 aromatic heterocycles. The molecule has 1 rings (SSSR count). The molecule has 0 radical (unpaired) electrons. The number of halogens is 1. The Balaban J connectivity index is 2.41. The minimum Gasteiger partial charge on any atom is -0.319 e. The molecule has 0 N–H and O–H groups in total. The summed E-state index contributed by atoms with van der Waals surface area (Å²) in [6, 6.07) is 7.32. The van der Waals surface area contributed by atoms with Gasteiger partial charge >= 0.3 is 5.97 Å². The molecule has 0 fully saturated rings. The first-order valence-electron chi connectivity index (χ1n) is 4.12. The van der Waals surface area contributed by atoms with E-state index in [1.807, 2.05) is 12.1 Å². The molecule has 0 amide bonds. The third-order valence-electron chi connectivity index (χ3n) is 1.70. The fourth-order valence-corrected chi connectivity index (χ4v) is 1.14. The lowest BCUT2D eigenvalue weighted by molar-refractivity contribution is -0.143. The molecule has 74 valence electrons. The summed E-state index contributed by atoms with van der Waals surface area (Å²) in [7, 11) is 0.